The zero-order valence-electron chi connectivity index (χ0n) is 14.2. The number of hydrogen-bond donors (Lipinski definition) is 3. The fraction of sp³-hybridized carbons (Fsp3) is 0.412. The summed E-state index contributed by atoms with van der Waals surface area (Å²) in [5.74, 6) is -0.562. The van der Waals surface area contributed by atoms with E-state index in [0.717, 1.165) is 6.42 Å². The molecular formula is C17H20Br2N2O4. The maximum absolute atomic E-state index is 12.7. The molecule has 0 aromatic heterocycles. The van der Waals surface area contributed by atoms with Gasteiger partial charge < -0.3 is 20.5 Å². The maximum atomic E-state index is 12.7. The minimum absolute atomic E-state index is 0.0407. The molecule has 0 spiro atoms. The second-order valence-electron chi connectivity index (χ2n) is 5.95. The zero-order chi connectivity index (χ0) is 18.7. The molecule has 2 rings (SSSR count). The van der Waals surface area contributed by atoms with Crippen LogP contribution < -0.4 is 10.6 Å². The van der Waals surface area contributed by atoms with Crippen molar-refractivity contribution in [3.8, 4) is 5.75 Å². The lowest BCUT2D eigenvalue weighted by Gasteiger charge is -2.30. The molecule has 6 nitrogen and oxygen atoms in total. The SMILES string of the molecule is CCCC1=C(C(=O)OC(C)C)C(c2cc(Br)cc(Br)c2O)NC(=O)N1. The van der Waals surface area contributed by atoms with Crippen LogP contribution in [0.5, 0.6) is 5.75 Å². The van der Waals surface area contributed by atoms with Crippen LogP contribution in [0.1, 0.15) is 45.2 Å². The maximum Gasteiger partial charge on any atom is 0.338 e. The molecule has 0 bridgehead atoms. The fourth-order valence-corrected chi connectivity index (χ4v) is 3.88. The fourth-order valence-electron chi connectivity index (χ4n) is 2.62. The van der Waals surface area contributed by atoms with Gasteiger partial charge in [-0.05, 0) is 48.3 Å². The van der Waals surface area contributed by atoms with Gasteiger partial charge in [0.25, 0.3) is 0 Å². The second-order valence-corrected chi connectivity index (χ2v) is 7.72. The number of halogens is 2. The molecule has 0 saturated carbocycles. The average Bonchev–Trinajstić information content (AvgIpc) is 2.49. The number of hydrogen-bond acceptors (Lipinski definition) is 4. The molecular weight excluding hydrogens is 456 g/mol. The Morgan fingerprint density at radius 3 is 2.64 bits per heavy atom. The van der Waals surface area contributed by atoms with Crippen LogP contribution in [0.4, 0.5) is 4.79 Å². The van der Waals surface area contributed by atoms with Crippen LogP contribution >= 0.6 is 31.9 Å². The van der Waals surface area contributed by atoms with E-state index in [2.05, 4.69) is 42.5 Å². The van der Waals surface area contributed by atoms with Gasteiger partial charge in [-0.15, -0.1) is 0 Å². The summed E-state index contributed by atoms with van der Waals surface area (Å²) in [7, 11) is 0. The van der Waals surface area contributed by atoms with Gasteiger partial charge in [-0.1, -0.05) is 29.3 Å². The normalized spacial score (nSPS) is 17.4. The van der Waals surface area contributed by atoms with Gasteiger partial charge in [0.2, 0.25) is 0 Å². The van der Waals surface area contributed by atoms with Crippen molar-refractivity contribution in [2.24, 2.45) is 0 Å². The van der Waals surface area contributed by atoms with Gasteiger partial charge in [-0.3, -0.25) is 0 Å². The van der Waals surface area contributed by atoms with E-state index < -0.39 is 18.0 Å². The molecule has 0 aliphatic carbocycles. The van der Waals surface area contributed by atoms with E-state index in [1.54, 1.807) is 26.0 Å². The summed E-state index contributed by atoms with van der Waals surface area (Å²) in [5.41, 5.74) is 1.22. The molecule has 136 valence electrons. The second kappa shape index (κ2) is 8.23. The van der Waals surface area contributed by atoms with E-state index in [9.17, 15) is 14.7 Å². The number of amides is 2. The molecule has 0 saturated heterocycles. The Balaban J connectivity index is 2.61. The van der Waals surface area contributed by atoms with Crippen molar-refractivity contribution in [3.63, 3.8) is 0 Å². The van der Waals surface area contributed by atoms with Crippen LogP contribution in [0, 0.1) is 0 Å². The molecule has 1 atom stereocenters. The molecule has 2 amide bonds. The van der Waals surface area contributed by atoms with Gasteiger partial charge in [0.1, 0.15) is 5.75 Å². The first kappa shape index (κ1) is 19.8. The quantitative estimate of drug-likeness (QED) is 0.554. The van der Waals surface area contributed by atoms with Crippen molar-refractivity contribution in [1.29, 1.82) is 0 Å². The number of phenolic OH excluding ortho intramolecular Hbond substituents is 1. The molecule has 1 heterocycles. The van der Waals surface area contributed by atoms with Gasteiger partial charge in [-0.2, -0.15) is 0 Å². The Bertz CT molecular complexity index is 732. The van der Waals surface area contributed by atoms with E-state index in [1.165, 1.54) is 0 Å². The highest BCUT2D eigenvalue weighted by Crippen LogP contribution is 2.39. The lowest BCUT2D eigenvalue weighted by molar-refractivity contribution is -0.143. The number of phenols is 1. The van der Waals surface area contributed by atoms with Crippen molar-refractivity contribution < 1.29 is 19.4 Å². The summed E-state index contributed by atoms with van der Waals surface area (Å²) < 4.78 is 6.52. The van der Waals surface area contributed by atoms with Crippen LogP contribution in [0.15, 0.2) is 32.3 Å². The number of carbonyl (C=O) groups excluding carboxylic acids is 2. The Labute approximate surface area is 163 Å². The first-order valence-electron chi connectivity index (χ1n) is 7.94. The smallest absolute Gasteiger partial charge is 0.338 e. The van der Waals surface area contributed by atoms with Crippen LogP contribution in [0.25, 0.3) is 0 Å². The van der Waals surface area contributed by atoms with Crippen molar-refractivity contribution in [3.05, 3.63) is 37.9 Å². The molecule has 1 aromatic carbocycles. The predicted octanol–water partition coefficient (Wildman–Crippen LogP) is 4.28. The average molecular weight is 476 g/mol. The largest absolute Gasteiger partial charge is 0.506 e. The number of rotatable bonds is 5. The Morgan fingerprint density at radius 1 is 1.36 bits per heavy atom. The number of aromatic hydroxyl groups is 1. The molecule has 1 aromatic rings. The van der Waals surface area contributed by atoms with Crippen LogP contribution in [0.2, 0.25) is 0 Å². The van der Waals surface area contributed by atoms with Crippen LogP contribution in [0.3, 0.4) is 0 Å². The number of esters is 1. The number of benzene rings is 1. The van der Waals surface area contributed by atoms with E-state index >= 15 is 0 Å². The molecule has 0 fully saturated rings. The Hall–Kier alpha value is -1.54. The summed E-state index contributed by atoms with van der Waals surface area (Å²) in [5, 5.41) is 15.8. The third-order valence-corrected chi connectivity index (χ3v) is 4.65. The molecule has 25 heavy (non-hydrogen) atoms. The monoisotopic (exact) mass is 474 g/mol. The lowest BCUT2D eigenvalue weighted by atomic mass is 9.93. The van der Waals surface area contributed by atoms with Gasteiger partial charge in [0.15, 0.2) is 0 Å². The minimum Gasteiger partial charge on any atom is -0.506 e. The first-order chi connectivity index (χ1) is 11.7. The number of urea groups is 1. The van der Waals surface area contributed by atoms with Gasteiger partial charge >= 0.3 is 12.0 Å². The lowest BCUT2D eigenvalue weighted by Crippen LogP contribution is -2.46. The van der Waals surface area contributed by atoms with Crippen molar-refractivity contribution >= 4 is 43.9 Å². The summed E-state index contributed by atoms with van der Waals surface area (Å²) >= 11 is 6.65. The highest BCUT2D eigenvalue weighted by atomic mass is 79.9. The Kier molecular flexibility index (Phi) is 6.51. The van der Waals surface area contributed by atoms with E-state index in [-0.39, 0.29) is 11.9 Å². The van der Waals surface area contributed by atoms with E-state index in [0.29, 0.717) is 32.2 Å². The predicted molar refractivity (Wildman–Crippen MR) is 101 cm³/mol. The molecule has 1 aliphatic heterocycles. The third-order valence-electron chi connectivity index (χ3n) is 3.58. The number of nitrogens with one attached hydrogen (secondary N) is 2. The highest BCUT2D eigenvalue weighted by molar-refractivity contribution is 9.11. The molecule has 1 aliphatic rings. The van der Waals surface area contributed by atoms with Crippen LogP contribution in [-0.2, 0) is 9.53 Å². The number of carbonyl (C=O) groups is 2. The van der Waals surface area contributed by atoms with Crippen molar-refractivity contribution in [2.45, 2.75) is 45.8 Å². The third kappa shape index (κ3) is 4.55. The number of allylic oxidation sites excluding steroid dienone is 1. The molecule has 0 radical (unpaired) electrons. The van der Waals surface area contributed by atoms with Gasteiger partial charge in [0, 0.05) is 15.7 Å². The minimum atomic E-state index is -0.810. The summed E-state index contributed by atoms with van der Waals surface area (Å²) in [6.07, 6.45) is 0.959. The Morgan fingerprint density at radius 2 is 2.04 bits per heavy atom. The van der Waals surface area contributed by atoms with Crippen molar-refractivity contribution in [1.82, 2.24) is 10.6 Å². The molecule has 3 N–H and O–H groups in total. The topological polar surface area (TPSA) is 87.7 Å². The van der Waals surface area contributed by atoms with E-state index in [4.69, 9.17) is 4.74 Å². The zero-order valence-corrected chi connectivity index (χ0v) is 17.3. The highest BCUT2D eigenvalue weighted by Gasteiger charge is 2.35. The van der Waals surface area contributed by atoms with Crippen LogP contribution in [-0.4, -0.2) is 23.2 Å². The van der Waals surface area contributed by atoms with Gasteiger partial charge in [-0.25, -0.2) is 9.59 Å². The first-order valence-corrected chi connectivity index (χ1v) is 9.52. The summed E-state index contributed by atoms with van der Waals surface area (Å²) in [6, 6.07) is 2.12. The van der Waals surface area contributed by atoms with Crippen molar-refractivity contribution in [2.75, 3.05) is 0 Å². The number of ether oxygens (including phenoxy) is 1. The van der Waals surface area contributed by atoms with Gasteiger partial charge in [0.05, 0.1) is 22.2 Å². The molecule has 8 heteroatoms. The van der Waals surface area contributed by atoms with E-state index in [1.807, 2.05) is 6.92 Å². The summed E-state index contributed by atoms with van der Waals surface area (Å²) in [4.78, 5) is 24.8. The summed E-state index contributed by atoms with van der Waals surface area (Å²) in [6.45, 7) is 5.47. The standard InChI is InChI=1S/C17H20Br2N2O4/c1-4-5-12-13(16(23)25-8(2)3)14(21-17(24)20-12)10-6-9(18)7-11(19)15(10)22/h6-8,14,22H,4-5H2,1-3H3,(H2,20,21,24). The molecule has 1 unspecified atom stereocenters.